The number of Topliss-reactive ketones (excluding diaryl/α,β-unsaturated/α-hetero) is 1. The largest absolute Gasteiger partial charge is 0.469 e. The van der Waals surface area contributed by atoms with Crippen molar-refractivity contribution in [3.8, 4) is 0 Å². The molecule has 3 aromatic carbocycles. The summed E-state index contributed by atoms with van der Waals surface area (Å²) in [6.07, 6.45) is 16.8. The van der Waals surface area contributed by atoms with Crippen molar-refractivity contribution in [2.45, 2.75) is 76.3 Å². The predicted molar refractivity (Wildman–Crippen MR) is 170 cm³/mol. The summed E-state index contributed by atoms with van der Waals surface area (Å²) >= 11 is 0. The number of allylic oxidation sites excluding steroid dienone is 1. The van der Waals surface area contributed by atoms with Crippen LogP contribution in [0.3, 0.4) is 0 Å². The lowest BCUT2D eigenvalue weighted by atomic mass is 9.70. The Kier molecular flexibility index (Phi) is 7.91. The van der Waals surface area contributed by atoms with E-state index in [9.17, 15) is 14.4 Å². The summed E-state index contributed by atoms with van der Waals surface area (Å²) in [4.78, 5) is 47.7. The van der Waals surface area contributed by atoms with Crippen LogP contribution in [-0.2, 0) is 19.1 Å². The fourth-order valence-electron chi connectivity index (χ4n) is 7.80. The lowest BCUT2D eigenvalue weighted by molar-refractivity contribution is -0.144. The predicted octanol–water partition coefficient (Wildman–Crippen LogP) is 5.76. The third-order valence-corrected chi connectivity index (χ3v) is 9.75. The molecule has 1 amide bonds. The van der Waals surface area contributed by atoms with E-state index in [-0.39, 0.29) is 23.7 Å². The highest BCUT2D eigenvalue weighted by Gasteiger charge is 2.40. The molecule has 0 aliphatic heterocycles. The molecule has 43 heavy (non-hydrogen) atoms. The zero-order chi connectivity index (χ0) is 30.2. The second kappa shape index (κ2) is 11.8. The van der Waals surface area contributed by atoms with E-state index in [1.165, 1.54) is 20.0 Å². The van der Waals surface area contributed by atoms with Crippen molar-refractivity contribution in [3.63, 3.8) is 0 Å². The molecule has 2 unspecified atom stereocenters. The number of rotatable bonds is 6. The van der Waals surface area contributed by atoms with E-state index in [0.29, 0.717) is 17.2 Å². The second-order valence-corrected chi connectivity index (χ2v) is 12.1. The first-order valence-corrected chi connectivity index (χ1v) is 15.4. The average Bonchev–Trinajstić information content (AvgIpc) is 3.75. The first-order valence-electron chi connectivity index (χ1n) is 15.4. The zero-order valence-corrected chi connectivity index (χ0v) is 24.8. The Morgan fingerprint density at radius 1 is 0.860 bits per heavy atom. The van der Waals surface area contributed by atoms with Crippen LogP contribution in [0.4, 0.5) is 5.69 Å². The molecule has 4 aliphatic rings. The number of nitrogens with one attached hydrogen (secondary N) is 2. The minimum atomic E-state index is -0.597. The minimum Gasteiger partial charge on any atom is -0.469 e. The van der Waals surface area contributed by atoms with E-state index in [2.05, 4.69) is 22.8 Å². The molecule has 222 valence electrons. The maximum atomic E-state index is 13.7. The SMILES string of the molecule is C=O.COC(=O)C1C=Cc2c3c(c4ccc(C(C)=O)c5c(NC6CCCC6)ccc2c54)=CC=C(C(=O)NC2CCCC2)C31. The van der Waals surface area contributed by atoms with Crippen LogP contribution in [0.5, 0.6) is 0 Å². The smallest absolute Gasteiger partial charge is 0.313 e. The molecule has 4 aliphatic carbocycles. The number of carbonyl (C=O) groups excluding carboxylic acids is 4. The Morgan fingerprint density at radius 2 is 1.53 bits per heavy atom. The van der Waals surface area contributed by atoms with Gasteiger partial charge in [0.15, 0.2) is 5.78 Å². The molecular weight excluding hydrogens is 540 g/mol. The van der Waals surface area contributed by atoms with Gasteiger partial charge in [0.05, 0.1) is 13.0 Å². The molecule has 0 spiro atoms. The molecule has 0 bridgehead atoms. The molecule has 7 nitrogen and oxygen atoms in total. The van der Waals surface area contributed by atoms with Crippen LogP contribution < -0.4 is 15.9 Å². The van der Waals surface area contributed by atoms with Crippen molar-refractivity contribution >= 4 is 63.8 Å². The molecule has 0 saturated heterocycles. The van der Waals surface area contributed by atoms with Gasteiger partial charge in [0.25, 0.3) is 0 Å². The third-order valence-electron chi connectivity index (χ3n) is 9.75. The lowest BCUT2D eigenvalue weighted by Crippen LogP contribution is -2.40. The molecule has 7 heteroatoms. The molecule has 0 aromatic heterocycles. The van der Waals surface area contributed by atoms with Gasteiger partial charge in [-0.15, -0.1) is 0 Å². The van der Waals surface area contributed by atoms with Gasteiger partial charge in [0, 0.05) is 45.6 Å². The number of hydrogen-bond acceptors (Lipinski definition) is 6. The van der Waals surface area contributed by atoms with E-state index >= 15 is 0 Å². The fourth-order valence-corrected chi connectivity index (χ4v) is 7.80. The maximum absolute atomic E-state index is 13.7. The Morgan fingerprint density at radius 3 is 2.21 bits per heavy atom. The van der Waals surface area contributed by atoms with Crippen LogP contribution in [0.2, 0.25) is 0 Å². The number of hydrogen-bond donors (Lipinski definition) is 2. The second-order valence-electron chi connectivity index (χ2n) is 12.1. The average molecular weight is 579 g/mol. The topological polar surface area (TPSA) is 102 Å². The van der Waals surface area contributed by atoms with Gasteiger partial charge in [0.1, 0.15) is 6.79 Å². The number of ketones is 1. The Hall–Kier alpha value is -4.26. The van der Waals surface area contributed by atoms with E-state index < -0.39 is 11.8 Å². The number of anilines is 1. The molecule has 7 rings (SSSR count). The summed E-state index contributed by atoms with van der Waals surface area (Å²) in [5, 5.41) is 12.1. The number of carbonyl (C=O) groups is 4. The minimum absolute atomic E-state index is 0.0363. The number of amides is 1. The lowest BCUT2D eigenvalue weighted by Gasteiger charge is -2.34. The quantitative estimate of drug-likeness (QED) is 0.285. The maximum Gasteiger partial charge on any atom is 0.313 e. The molecule has 2 atom stereocenters. The van der Waals surface area contributed by atoms with Gasteiger partial charge >= 0.3 is 5.97 Å². The van der Waals surface area contributed by atoms with E-state index in [1.807, 2.05) is 43.2 Å². The van der Waals surface area contributed by atoms with Crippen LogP contribution in [0.1, 0.15) is 85.7 Å². The van der Waals surface area contributed by atoms with Crippen molar-refractivity contribution in [3.05, 3.63) is 63.9 Å². The van der Waals surface area contributed by atoms with Gasteiger partial charge in [0.2, 0.25) is 5.91 Å². The van der Waals surface area contributed by atoms with Gasteiger partial charge in [-0.3, -0.25) is 14.4 Å². The zero-order valence-electron chi connectivity index (χ0n) is 24.8. The highest BCUT2D eigenvalue weighted by molar-refractivity contribution is 6.24. The van der Waals surface area contributed by atoms with Crippen LogP contribution >= 0.6 is 0 Å². The van der Waals surface area contributed by atoms with Gasteiger partial charge in [-0.2, -0.15) is 0 Å². The first-order chi connectivity index (χ1) is 21.0. The summed E-state index contributed by atoms with van der Waals surface area (Å²) in [6.45, 7) is 3.63. The van der Waals surface area contributed by atoms with Crippen molar-refractivity contribution in [1.82, 2.24) is 5.32 Å². The van der Waals surface area contributed by atoms with Crippen molar-refractivity contribution < 1.29 is 23.9 Å². The van der Waals surface area contributed by atoms with E-state index in [0.717, 1.165) is 82.1 Å². The summed E-state index contributed by atoms with van der Waals surface area (Å²) < 4.78 is 5.23. The number of ether oxygens (including phenoxy) is 1. The third kappa shape index (κ3) is 4.85. The van der Waals surface area contributed by atoms with Gasteiger partial charge < -0.3 is 20.2 Å². The Bertz CT molecular complexity index is 1740. The Balaban J connectivity index is 0.00000161. The Labute approximate surface area is 251 Å². The van der Waals surface area contributed by atoms with Crippen molar-refractivity contribution in [2.75, 3.05) is 12.4 Å². The molecule has 0 heterocycles. The first kappa shape index (κ1) is 28.8. The molecule has 0 radical (unpaired) electrons. The molecule has 3 aromatic rings. The van der Waals surface area contributed by atoms with Crippen molar-refractivity contribution in [1.29, 1.82) is 0 Å². The normalized spacial score (nSPS) is 21.0. The summed E-state index contributed by atoms with van der Waals surface area (Å²) in [5.41, 5.74) is 4.31. The van der Waals surface area contributed by atoms with Crippen LogP contribution in [0, 0.1) is 5.92 Å². The van der Waals surface area contributed by atoms with Crippen molar-refractivity contribution in [2.24, 2.45) is 5.92 Å². The highest BCUT2D eigenvalue weighted by Crippen LogP contribution is 2.46. The molecular formula is C36H38N2O5. The number of esters is 1. The molecule has 2 fully saturated rings. The van der Waals surface area contributed by atoms with E-state index in [1.54, 1.807) is 6.92 Å². The van der Waals surface area contributed by atoms with Crippen LogP contribution in [0.25, 0.3) is 33.7 Å². The number of benzene rings is 3. The summed E-state index contributed by atoms with van der Waals surface area (Å²) in [7, 11) is 1.40. The molecule has 2 saturated carbocycles. The summed E-state index contributed by atoms with van der Waals surface area (Å²) in [5.74, 6) is -1.46. The van der Waals surface area contributed by atoms with Crippen LogP contribution in [0.15, 0.2) is 42.0 Å². The van der Waals surface area contributed by atoms with Gasteiger partial charge in [-0.05, 0) is 65.8 Å². The fraction of sp³-hybridized carbons (Fsp3) is 0.389. The van der Waals surface area contributed by atoms with Crippen LogP contribution in [-0.4, -0.2) is 43.6 Å². The van der Waals surface area contributed by atoms with Gasteiger partial charge in [-0.25, -0.2) is 0 Å². The molecule has 2 N–H and O–H groups in total. The number of methoxy groups -OCH3 is 1. The highest BCUT2D eigenvalue weighted by atomic mass is 16.5. The van der Waals surface area contributed by atoms with E-state index in [4.69, 9.17) is 9.53 Å². The monoisotopic (exact) mass is 578 g/mol. The standard InChI is InChI=1S/C35H36N2O4.CH2O/c1-19(38)22-11-12-25-23-13-15-27(34(39)37-21-9-5-6-10-21)32-28(35(40)41-2)16-14-24(30(23)32)26-17-18-29(33(22)31(25)26)36-20-7-3-4-8-20;1-2/h11-18,20-21,28,32,36H,3-10H2,1-2H3,(H,37,39);1H2. The number of fused-ring (bicyclic) bond motifs is 2. The van der Waals surface area contributed by atoms with Gasteiger partial charge in [-0.1, -0.05) is 68.2 Å². The summed E-state index contributed by atoms with van der Waals surface area (Å²) in [6, 6.07) is 8.81.